The van der Waals surface area contributed by atoms with Gasteiger partial charge < -0.3 is 10.4 Å². The van der Waals surface area contributed by atoms with Gasteiger partial charge >= 0.3 is 0 Å². The van der Waals surface area contributed by atoms with Crippen molar-refractivity contribution in [3.05, 3.63) is 59.5 Å². The molecule has 0 radical (unpaired) electrons. The van der Waals surface area contributed by atoms with E-state index in [9.17, 15) is 14.3 Å². The van der Waals surface area contributed by atoms with Crippen molar-refractivity contribution in [1.29, 1.82) is 0 Å². The first-order valence-electron chi connectivity index (χ1n) is 8.49. The highest BCUT2D eigenvalue weighted by atomic mass is 19.1. The van der Waals surface area contributed by atoms with Crippen LogP contribution in [0.15, 0.2) is 42.6 Å². The molecule has 2 N–H and O–H groups in total. The number of pyridine rings is 1. The summed E-state index contributed by atoms with van der Waals surface area (Å²) in [5, 5.41) is 11.8. The first-order chi connectivity index (χ1) is 12.1. The molecule has 1 aliphatic rings. The molecule has 1 aliphatic heterocycles. The van der Waals surface area contributed by atoms with Crippen LogP contribution >= 0.6 is 0 Å². The number of aliphatic hydroxyl groups is 1. The van der Waals surface area contributed by atoms with E-state index in [-0.39, 0.29) is 12.5 Å². The molecule has 1 saturated heterocycles. The summed E-state index contributed by atoms with van der Waals surface area (Å²) in [6.07, 6.45) is 3.13. The lowest BCUT2D eigenvalue weighted by molar-refractivity contribution is 0.102. The number of nitrogens with zero attached hydrogens (tertiary/aromatic N) is 2. The molecule has 3 rings (SSSR count). The Bertz CT molecular complexity index is 696. The van der Waals surface area contributed by atoms with Crippen LogP contribution in [0.5, 0.6) is 0 Å². The van der Waals surface area contributed by atoms with E-state index in [0.717, 1.165) is 44.2 Å². The first kappa shape index (κ1) is 17.5. The Morgan fingerprint density at radius 1 is 1.20 bits per heavy atom. The standard InChI is InChI=1S/C19H22FN3O2/c20-17-5-6-18(21-11-17)22-19(25)16-3-1-14(2-4-16)12-23-9-7-15(13-24)8-10-23/h1-6,11,15,24H,7-10,12-13H2,(H,21,22,25). The predicted octanol–water partition coefficient (Wildman–Crippen LogP) is 2.68. The van der Waals surface area contributed by atoms with E-state index in [2.05, 4.69) is 15.2 Å². The molecule has 1 aromatic carbocycles. The van der Waals surface area contributed by atoms with Crippen molar-refractivity contribution in [2.75, 3.05) is 25.0 Å². The number of piperidine rings is 1. The number of hydrogen-bond acceptors (Lipinski definition) is 4. The van der Waals surface area contributed by atoms with Gasteiger partial charge in [-0.05, 0) is 61.7 Å². The lowest BCUT2D eigenvalue weighted by Crippen LogP contribution is -2.34. The van der Waals surface area contributed by atoms with Crippen LogP contribution in [0, 0.1) is 11.7 Å². The van der Waals surface area contributed by atoms with Crippen molar-refractivity contribution in [3.63, 3.8) is 0 Å². The number of likely N-dealkylation sites (tertiary alicyclic amines) is 1. The molecular formula is C19H22FN3O2. The summed E-state index contributed by atoms with van der Waals surface area (Å²) >= 11 is 0. The Labute approximate surface area is 146 Å². The van der Waals surface area contributed by atoms with Crippen molar-refractivity contribution in [1.82, 2.24) is 9.88 Å². The van der Waals surface area contributed by atoms with E-state index >= 15 is 0 Å². The number of halogens is 1. The normalized spacial score (nSPS) is 15.9. The Kier molecular flexibility index (Phi) is 5.73. The molecule has 0 unspecified atom stereocenters. The van der Waals surface area contributed by atoms with Crippen LogP contribution in [-0.2, 0) is 6.54 Å². The average Bonchev–Trinajstić information content (AvgIpc) is 2.65. The van der Waals surface area contributed by atoms with Crippen LogP contribution in [0.25, 0.3) is 0 Å². The highest BCUT2D eigenvalue weighted by molar-refractivity contribution is 6.03. The lowest BCUT2D eigenvalue weighted by Gasteiger charge is -2.31. The van der Waals surface area contributed by atoms with Gasteiger partial charge in [-0.2, -0.15) is 0 Å². The van der Waals surface area contributed by atoms with E-state index in [4.69, 9.17) is 0 Å². The molecule has 1 fully saturated rings. The molecule has 5 nitrogen and oxygen atoms in total. The molecule has 0 saturated carbocycles. The van der Waals surface area contributed by atoms with Gasteiger partial charge in [0, 0.05) is 18.7 Å². The van der Waals surface area contributed by atoms with E-state index in [0.29, 0.717) is 17.3 Å². The predicted molar refractivity (Wildman–Crippen MR) is 93.7 cm³/mol. The van der Waals surface area contributed by atoms with Gasteiger partial charge in [0.05, 0.1) is 6.20 Å². The molecule has 2 heterocycles. The number of nitrogens with one attached hydrogen (secondary N) is 1. The molecule has 6 heteroatoms. The summed E-state index contributed by atoms with van der Waals surface area (Å²) in [6, 6.07) is 10.2. The van der Waals surface area contributed by atoms with Crippen LogP contribution in [0.3, 0.4) is 0 Å². The van der Waals surface area contributed by atoms with Crippen LogP contribution in [0.1, 0.15) is 28.8 Å². The number of aromatic nitrogens is 1. The van der Waals surface area contributed by atoms with Crippen LogP contribution in [0.2, 0.25) is 0 Å². The SMILES string of the molecule is O=C(Nc1ccc(F)cn1)c1ccc(CN2CCC(CO)CC2)cc1. The van der Waals surface area contributed by atoms with Crippen LogP contribution in [0.4, 0.5) is 10.2 Å². The van der Waals surface area contributed by atoms with Crippen molar-refractivity contribution in [2.45, 2.75) is 19.4 Å². The number of rotatable bonds is 5. The summed E-state index contributed by atoms with van der Waals surface area (Å²) in [5.74, 6) is 0.0458. The molecule has 25 heavy (non-hydrogen) atoms. The molecule has 1 aromatic heterocycles. The molecule has 2 aromatic rings. The monoisotopic (exact) mass is 343 g/mol. The quantitative estimate of drug-likeness (QED) is 0.876. The minimum atomic E-state index is -0.439. The van der Waals surface area contributed by atoms with Gasteiger partial charge in [0.25, 0.3) is 5.91 Å². The minimum absolute atomic E-state index is 0.269. The molecular weight excluding hydrogens is 321 g/mol. The largest absolute Gasteiger partial charge is 0.396 e. The maximum absolute atomic E-state index is 12.8. The highest BCUT2D eigenvalue weighted by Gasteiger charge is 2.18. The third-order valence-corrected chi connectivity index (χ3v) is 4.56. The lowest BCUT2D eigenvalue weighted by atomic mass is 9.97. The average molecular weight is 343 g/mol. The fourth-order valence-electron chi connectivity index (χ4n) is 2.99. The zero-order chi connectivity index (χ0) is 17.6. The summed E-state index contributed by atoms with van der Waals surface area (Å²) in [7, 11) is 0. The maximum Gasteiger partial charge on any atom is 0.256 e. The number of anilines is 1. The van der Waals surface area contributed by atoms with E-state index in [1.165, 1.54) is 12.1 Å². The van der Waals surface area contributed by atoms with Gasteiger partial charge in [-0.1, -0.05) is 12.1 Å². The van der Waals surface area contributed by atoms with E-state index in [1.807, 2.05) is 12.1 Å². The summed E-state index contributed by atoms with van der Waals surface area (Å²) in [4.78, 5) is 18.4. The molecule has 0 atom stereocenters. The number of carbonyl (C=O) groups excluding carboxylic acids is 1. The fourth-order valence-corrected chi connectivity index (χ4v) is 2.99. The topological polar surface area (TPSA) is 65.5 Å². The third-order valence-electron chi connectivity index (χ3n) is 4.56. The van der Waals surface area contributed by atoms with Crippen molar-refractivity contribution in [2.24, 2.45) is 5.92 Å². The summed E-state index contributed by atoms with van der Waals surface area (Å²) in [5.41, 5.74) is 1.69. The highest BCUT2D eigenvalue weighted by Crippen LogP contribution is 2.18. The molecule has 132 valence electrons. The zero-order valence-corrected chi connectivity index (χ0v) is 14.0. The summed E-state index contributed by atoms with van der Waals surface area (Å²) in [6.45, 7) is 3.10. The summed E-state index contributed by atoms with van der Waals surface area (Å²) < 4.78 is 12.8. The van der Waals surface area contributed by atoms with Gasteiger partial charge in [0.2, 0.25) is 0 Å². The van der Waals surface area contributed by atoms with Crippen molar-refractivity contribution in [3.8, 4) is 0 Å². The second-order valence-electron chi connectivity index (χ2n) is 6.41. The Hall–Kier alpha value is -2.31. The van der Waals surface area contributed by atoms with E-state index < -0.39 is 5.82 Å². The molecule has 0 spiro atoms. The van der Waals surface area contributed by atoms with Gasteiger partial charge in [-0.25, -0.2) is 9.37 Å². The Morgan fingerprint density at radius 3 is 2.52 bits per heavy atom. The Balaban J connectivity index is 1.54. The van der Waals surface area contributed by atoms with Gasteiger partial charge in [-0.15, -0.1) is 0 Å². The second-order valence-corrected chi connectivity index (χ2v) is 6.41. The van der Waals surface area contributed by atoms with Gasteiger partial charge in [0.1, 0.15) is 11.6 Å². The second kappa shape index (κ2) is 8.18. The third kappa shape index (κ3) is 4.84. The number of hydrogen-bond donors (Lipinski definition) is 2. The van der Waals surface area contributed by atoms with Gasteiger partial charge in [0.15, 0.2) is 0 Å². The molecule has 0 aliphatic carbocycles. The molecule has 1 amide bonds. The van der Waals surface area contributed by atoms with Crippen molar-refractivity contribution >= 4 is 11.7 Å². The first-order valence-corrected chi connectivity index (χ1v) is 8.49. The Morgan fingerprint density at radius 2 is 1.92 bits per heavy atom. The number of aliphatic hydroxyl groups excluding tert-OH is 1. The van der Waals surface area contributed by atoms with E-state index in [1.54, 1.807) is 12.1 Å². The molecule has 0 bridgehead atoms. The van der Waals surface area contributed by atoms with Crippen molar-refractivity contribution < 1.29 is 14.3 Å². The fraction of sp³-hybridized carbons (Fsp3) is 0.368. The number of benzene rings is 1. The minimum Gasteiger partial charge on any atom is -0.396 e. The number of carbonyl (C=O) groups is 1. The van der Waals surface area contributed by atoms with Crippen LogP contribution < -0.4 is 5.32 Å². The zero-order valence-electron chi connectivity index (χ0n) is 14.0. The smallest absolute Gasteiger partial charge is 0.256 e. The van der Waals surface area contributed by atoms with Gasteiger partial charge in [-0.3, -0.25) is 9.69 Å². The number of amides is 1. The van der Waals surface area contributed by atoms with Crippen LogP contribution in [-0.4, -0.2) is 40.6 Å². The maximum atomic E-state index is 12.8.